The number of hydrogen-bond acceptors (Lipinski definition) is 5. The van der Waals surface area contributed by atoms with Crippen LogP contribution in [-0.2, 0) is 0 Å². The fraction of sp³-hybridized carbons (Fsp3) is 0.143. The predicted molar refractivity (Wildman–Crippen MR) is 113 cm³/mol. The van der Waals surface area contributed by atoms with Gasteiger partial charge in [-0.15, -0.1) is 0 Å². The van der Waals surface area contributed by atoms with Gasteiger partial charge in [0.1, 0.15) is 0 Å². The normalized spacial score (nSPS) is 11.6. The van der Waals surface area contributed by atoms with E-state index in [1.807, 2.05) is 18.2 Å². The van der Waals surface area contributed by atoms with Crippen LogP contribution >= 0.6 is 0 Å². The van der Waals surface area contributed by atoms with Crippen molar-refractivity contribution < 1.29 is 5.11 Å². The maximum absolute atomic E-state index is 11.1. The molecule has 0 fully saturated rings. The second kappa shape index (κ2) is 8.98. The van der Waals surface area contributed by atoms with Crippen molar-refractivity contribution in [2.75, 3.05) is 18.4 Å². The van der Waals surface area contributed by atoms with Crippen molar-refractivity contribution in [1.82, 2.24) is 10.2 Å². The molecule has 7 nitrogen and oxygen atoms in total. The van der Waals surface area contributed by atoms with Crippen molar-refractivity contribution in [3.63, 3.8) is 0 Å². The van der Waals surface area contributed by atoms with Gasteiger partial charge in [0, 0.05) is 18.8 Å². The zero-order chi connectivity index (χ0) is 19.9. The number of aliphatic hydroxyl groups is 1. The molecule has 6 N–H and O–H groups in total. The summed E-state index contributed by atoms with van der Waals surface area (Å²) >= 11 is 0. The van der Waals surface area contributed by atoms with Crippen LogP contribution in [0.4, 0.5) is 5.69 Å². The summed E-state index contributed by atoms with van der Waals surface area (Å²) < 4.78 is 0. The van der Waals surface area contributed by atoms with Crippen LogP contribution in [0.2, 0.25) is 0 Å². The lowest BCUT2D eigenvalue weighted by Crippen LogP contribution is -2.27. The number of aromatic amines is 2. The number of hydrogen-bond donors (Lipinski definition) is 5. The Bertz CT molecular complexity index is 1130. The summed E-state index contributed by atoms with van der Waals surface area (Å²) in [5, 5.41) is 20.2. The van der Waals surface area contributed by atoms with Crippen molar-refractivity contribution in [3.05, 3.63) is 87.4 Å². The number of aromatic nitrogens is 2. The first-order chi connectivity index (χ1) is 13.6. The maximum atomic E-state index is 11.1. The van der Waals surface area contributed by atoms with Crippen molar-refractivity contribution in [2.24, 2.45) is 5.73 Å². The van der Waals surface area contributed by atoms with Crippen molar-refractivity contribution in [3.8, 4) is 0 Å². The average molecular weight is 378 g/mol. The van der Waals surface area contributed by atoms with Gasteiger partial charge in [-0.05, 0) is 35.0 Å². The fourth-order valence-corrected chi connectivity index (χ4v) is 2.75. The zero-order valence-corrected chi connectivity index (χ0v) is 15.2. The van der Waals surface area contributed by atoms with Gasteiger partial charge in [0.15, 0.2) is 0 Å². The number of anilines is 1. The summed E-state index contributed by atoms with van der Waals surface area (Å²) in [5.74, 6) is 0. The van der Waals surface area contributed by atoms with E-state index in [1.165, 1.54) is 10.8 Å². The molecule has 0 amide bonds. The van der Waals surface area contributed by atoms with Crippen LogP contribution in [0.25, 0.3) is 21.5 Å². The third kappa shape index (κ3) is 4.64. The van der Waals surface area contributed by atoms with Gasteiger partial charge in [-0.3, -0.25) is 19.8 Å². The maximum Gasteiger partial charge on any atom is 0.270 e. The molecule has 144 valence electrons. The minimum atomic E-state index is -0.494. The SMILES string of the molecule is NCC(O)CNc1ccc2ccccc2c1.O=c1[nH][nH]c(=O)c2ccccc12. The molecule has 0 aliphatic carbocycles. The molecule has 1 aromatic heterocycles. The molecular formula is C21H22N4O3. The van der Waals surface area contributed by atoms with Gasteiger partial charge in [0.05, 0.1) is 16.9 Å². The second-order valence-electron chi connectivity index (χ2n) is 6.29. The van der Waals surface area contributed by atoms with Gasteiger partial charge in [0.2, 0.25) is 0 Å². The summed E-state index contributed by atoms with van der Waals surface area (Å²) in [6.45, 7) is 0.759. The highest BCUT2D eigenvalue weighted by molar-refractivity contribution is 5.85. The van der Waals surface area contributed by atoms with Crippen molar-refractivity contribution in [1.29, 1.82) is 0 Å². The lowest BCUT2D eigenvalue weighted by atomic mass is 10.1. The second-order valence-corrected chi connectivity index (χ2v) is 6.29. The summed E-state index contributed by atoms with van der Waals surface area (Å²) in [6, 6.07) is 21.0. The van der Waals surface area contributed by atoms with E-state index >= 15 is 0 Å². The Morgan fingerprint density at radius 3 is 2.04 bits per heavy atom. The quantitative estimate of drug-likeness (QED) is 0.370. The van der Waals surface area contributed by atoms with Crippen LogP contribution in [0, 0.1) is 0 Å². The van der Waals surface area contributed by atoms with E-state index in [-0.39, 0.29) is 17.7 Å². The van der Waals surface area contributed by atoms with E-state index in [1.54, 1.807) is 24.3 Å². The minimum absolute atomic E-state index is 0.273. The van der Waals surface area contributed by atoms with Gasteiger partial charge in [-0.1, -0.05) is 42.5 Å². The fourth-order valence-electron chi connectivity index (χ4n) is 2.75. The van der Waals surface area contributed by atoms with Crippen molar-refractivity contribution in [2.45, 2.75) is 6.10 Å². The Hall–Kier alpha value is -3.42. The molecule has 4 aromatic rings. The Kier molecular flexibility index (Phi) is 6.21. The standard InChI is InChI=1S/C13H16N2O.C8H6N2O2/c14-8-13(16)9-15-12-6-5-10-3-1-2-4-11(10)7-12;11-7-5-3-1-2-4-6(5)8(12)10-9-7/h1-7,13,15-16H,8-9,14H2;1-4H,(H,9,11)(H,10,12). The monoisotopic (exact) mass is 378 g/mol. The number of fused-ring (bicyclic) bond motifs is 2. The van der Waals surface area contributed by atoms with E-state index in [9.17, 15) is 14.7 Å². The summed E-state index contributed by atoms with van der Waals surface area (Å²) in [7, 11) is 0. The van der Waals surface area contributed by atoms with E-state index in [2.05, 4.69) is 39.8 Å². The molecular weight excluding hydrogens is 356 g/mol. The molecule has 4 rings (SSSR count). The molecule has 0 spiro atoms. The molecule has 0 aliphatic heterocycles. The number of nitrogens with two attached hydrogens (primary N) is 1. The topological polar surface area (TPSA) is 124 Å². The molecule has 7 heteroatoms. The first-order valence-electron chi connectivity index (χ1n) is 8.89. The van der Waals surface area contributed by atoms with Crippen LogP contribution in [0.1, 0.15) is 0 Å². The van der Waals surface area contributed by atoms with E-state index < -0.39 is 6.10 Å². The number of nitrogens with one attached hydrogen (secondary N) is 3. The highest BCUT2D eigenvalue weighted by Gasteiger charge is 2.01. The summed E-state index contributed by atoms with van der Waals surface area (Å²) in [5.41, 5.74) is 5.80. The molecule has 28 heavy (non-hydrogen) atoms. The third-order valence-corrected chi connectivity index (χ3v) is 4.27. The third-order valence-electron chi connectivity index (χ3n) is 4.27. The lowest BCUT2D eigenvalue weighted by Gasteiger charge is -2.11. The number of benzene rings is 3. The highest BCUT2D eigenvalue weighted by Crippen LogP contribution is 2.18. The Balaban J connectivity index is 0.000000167. The highest BCUT2D eigenvalue weighted by atomic mass is 16.3. The van der Waals surface area contributed by atoms with E-state index in [0.29, 0.717) is 17.3 Å². The van der Waals surface area contributed by atoms with Gasteiger partial charge in [-0.2, -0.15) is 0 Å². The van der Waals surface area contributed by atoms with Crippen LogP contribution in [0.3, 0.4) is 0 Å². The van der Waals surface area contributed by atoms with Crippen molar-refractivity contribution >= 4 is 27.2 Å². The van der Waals surface area contributed by atoms with Crippen LogP contribution in [0.5, 0.6) is 0 Å². The van der Waals surface area contributed by atoms with Gasteiger partial charge >= 0.3 is 0 Å². The zero-order valence-electron chi connectivity index (χ0n) is 15.2. The van der Waals surface area contributed by atoms with Crippen LogP contribution in [-0.4, -0.2) is 34.5 Å². The minimum Gasteiger partial charge on any atom is -0.390 e. The molecule has 1 heterocycles. The smallest absolute Gasteiger partial charge is 0.270 e. The Morgan fingerprint density at radius 2 is 1.43 bits per heavy atom. The molecule has 0 bridgehead atoms. The van der Waals surface area contributed by atoms with Gasteiger partial charge < -0.3 is 16.2 Å². The van der Waals surface area contributed by atoms with Gasteiger partial charge in [-0.25, -0.2) is 0 Å². The van der Waals surface area contributed by atoms with Gasteiger partial charge in [0.25, 0.3) is 11.1 Å². The van der Waals surface area contributed by atoms with E-state index in [4.69, 9.17) is 5.73 Å². The summed E-state index contributed by atoms with van der Waals surface area (Å²) in [4.78, 5) is 22.2. The number of aliphatic hydroxyl groups excluding tert-OH is 1. The largest absolute Gasteiger partial charge is 0.390 e. The Morgan fingerprint density at radius 1 is 0.857 bits per heavy atom. The number of H-pyrrole nitrogens is 2. The average Bonchev–Trinajstić information content (AvgIpc) is 2.75. The molecule has 1 unspecified atom stereocenters. The Labute approximate surface area is 160 Å². The molecule has 1 atom stereocenters. The first kappa shape index (κ1) is 19.3. The molecule has 0 saturated carbocycles. The van der Waals surface area contributed by atoms with E-state index in [0.717, 1.165) is 5.69 Å². The molecule has 3 aromatic carbocycles. The summed E-state index contributed by atoms with van der Waals surface area (Å²) in [6.07, 6.45) is -0.494. The first-order valence-corrected chi connectivity index (χ1v) is 8.89. The van der Waals surface area contributed by atoms with Crippen LogP contribution < -0.4 is 22.2 Å². The predicted octanol–water partition coefficient (Wildman–Crippen LogP) is 1.79. The van der Waals surface area contributed by atoms with Crippen LogP contribution in [0.15, 0.2) is 76.3 Å². The lowest BCUT2D eigenvalue weighted by molar-refractivity contribution is 0.196. The molecule has 0 radical (unpaired) electrons. The number of rotatable bonds is 4. The molecule has 0 aliphatic rings. The molecule has 0 saturated heterocycles.